The smallest absolute Gasteiger partial charge is 0.163 e. The third-order valence-electron chi connectivity index (χ3n) is 3.34. The number of rotatable bonds is 3. The van der Waals surface area contributed by atoms with Gasteiger partial charge in [0.25, 0.3) is 0 Å². The third-order valence-corrected chi connectivity index (χ3v) is 3.34. The Balaban J connectivity index is 1.97. The first kappa shape index (κ1) is 12.3. The van der Waals surface area contributed by atoms with Gasteiger partial charge in [-0.15, -0.1) is 0 Å². The Morgan fingerprint density at radius 2 is 1.95 bits per heavy atom. The molecule has 5 heteroatoms. The van der Waals surface area contributed by atoms with Crippen LogP contribution in [0, 0.1) is 0 Å². The number of hydrogen-bond donors (Lipinski definition) is 1. The van der Waals surface area contributed by atoms with Crippen molar-refractivity contribution in [2.24, 2.45) is 0 Å². The summed E-state index contributed by atoms with van der Waals surface area (Å²) in [5.41, 5.74) is 1.62. The van der Waals surface area contributed by atoms with Crippen LogP contribution in [0.15, 0.2) is 12.1 Å². The molecule has 0 atom stereocenters. The van der Waals surface area contributed by atoms with Gasteiger partial charge in [-0.2, -0.15) is 0 Å². The van der Waals surface area contributed by atoms with Gasteiger partial charge in [0.1, 0.15) is 19.0 Å². The predicted molar refractivity (Wildman–Crippen MR) is 71.9 cm³/mol. The van der Waals surface area contributed by atoms with E-state index in [1.54, 1.807) is 7.11 Å². The Morgan fingerprint density at radius 1 is 1.26 bits per heavy atom. The molecule has 1 aromatic heterocycles. The normalized spacial score (nSPS) is 14.9. The molecule has 0 unspecified atom stereocenters. The summed E-state index contributed by atoms with van der Waals surface area (Å²) in [4.78, 5) is 7.89. The summed E-state index contributed by atoms with van der Waals surface area (Å²) < 4.78 is 16.6. The molecule has 2 heterocycles. The molecule has 3 rings (SSSR count). The molecule has 0 saturated carbocycles. The van der Waals surface area contributed by atoms with Gasteiger partial charge in [-0.05, 0) is 13.8 Å². The highest BCUT2D eigenvalue weighted by Crippen LogP contribution is 2.33. The summed E-state index contributed by atoms with van der Waals surface area (Å²) in [6, 6.07) is 3.86. The molecular weight excluding hydrogens is 244 g/mol. The van der Waals surface area contributed by atoms with E-state index in [1.807, 2.05) is 26.0 Å². The van der Waals surface area contributed by atoms with Gasteiger partial charge in [0.2, 0.25) is 0 Å². The van der Waals surface area contributed by atoms with Gasteiger partial charge in [0, 0.05) is 25.7 Å². The van der Waals surface area contributed by atoms with Crippen molar-refractivity contribution < 1.29 is 14.2 Å². The molecular formula is C14H18N2O3. The van der Waals surface area contributed by atoms with Gasteiger partial charge in [-0.1, -0.05) is 0 Å². The van der Waals surface area contributed by atoms with Crippen molar-refractivity contribution in [3.8, 4) is 11.5 Å². The fraction of sp³-hybridized carbons (Fsp3) is 0.500. The summed E-state index contributed by atoms with van der Waals surface area (Å²) >= 11 is 0. The molecule has 0 amide bonds. The van der Waals surface area contributed by atoms with Crippen molar-refractivity contribution in [1.29, 1.82) is 0 Å². The second-order valence-electron chi connectivity index (χ2n) is 5.34. The van der Waals surface area contributed by atoms with E-state index >= 15 is 0 Å². The number of benzene rings is 1. The molecule has 2 aromatic rings. The molecule has 1 aliphatic heterocycles. The van der Waals surface area contributed by atoms with E-state index < -0.39 is 0 Å². The standard InChI is InChI=1S/C14H18N2O3/c1-14(2,17-3)8-13-15-9-6-11-12(7-10(9)16-13)19-5-4-18-11/h6-7H,4-5,8H2,1-3H3,(H,15,16). The minimum Gasteiger partial charge on any atom is -0.486 e. The van der Waals surface area contributed by atoms with Gasteiger partial charge in [-0.25, -0.2) is 4.98 Å². The van der Waals surface area contributed by atoms with Crippen LogP contribution < -0.4 is 9.47 Å². The number of nitrogens with one attached hydrogen (secondary N) is 1. The monoisotopic (exact) mass is 262 g/mol. The topological polar surface area (TPSA) is 56.4 Å². The molecule has 0 radical (unpaired) electrons. The molecule has 19 heavy (non-hydrogen) atoms. The maximum Gasteiger partial charge on any atom is 0.163 e. The number of aromatic amines is 1. The number of ether oxygens (including phenoxy) is 3. The van der Waals surface area contributed by atoms with E-state index in [2.05, 4.69) is 9.97 Å². The summed E-state index contributed by atoms with van der Waals surface area (Å²) in [6.07, 6.45) is 0.727. The highest BCUT2D eigenvalue weighted by Gasteiger charge is 2.20. The molecule has 5 nitrogen and oxygen atoms in total. The van der Waals surface area contributed by atoms with Crippen molar-refractivity contribution >= 4 is 11.0 Å². The van der Waals surface area contributed by atoms with Crippen LogP contribution in [0.4, 0.5) is 0 Å². The minimum atomic E-state index is -0.236. The first-order valence-corrected chi connectivity index (χ1v) is 6.41. The van der Waals surface area contributed by atoms with Crippen molar-refractivity contribution in [3.05, 3.63) is 18.0 Å². The van der Waals surface area contributed by atoms with Crippen LogP contribution in [0.5, 0.6) is 11.5 Å². The quantitative estimate of drug-likeness (QED) is 0.922. The SMILES string of the molecule is COC(C)(C)Cc1nc2cc3c(cc2[nH]1)OCCO3. The lowest BCUT2D eigenvalue weighted by atomic mass is 10.1. The van der Waals surface area contributed by atoms with Gasteiger partial charge in [0.05, 0.1) is 16.6 Å². The van der Waals surface area contributed by atoms with E-state index in [0.29, 0.717) is 13.2 Å². The van der Waals surface area contributed by atoms with Crippen molar-refractivity contribution in [2.45, 2.75) is 25.9 Å². The molecule has 102 valence electrons. The van der Waals surface area contributed by atoms with Crippen LogP contribution in [-0.4, -0.2) is 35.9 Å². The fourth-order valence-electron chi connectivity index (χ4n) is 2.16. The Kier molecular flexibility index (Phi) is 2.86. The second-order valence-corrected chi connectivity index (χ2v) is 5.34. The van der Waals surface area contributed by atoms with Crippen LogP contribution in [0.25, 0.3) is 11.0 Å². The number of nitrogens with zero attached hydrogens (tertiary/aromatic N) is 1. The first-order valence-electron chi connectivity index (χ1n) is 6.41. The van der Waals surface area contributed by atoms with E-state index in [-0.39, 0.29) is 5.60 Å². The number of hydrogen-bond acceptors (Lipinski definition) is 4. The number of aromatic nitrogens is 2. The maximum absolute atomic E-state index is 5.57. The van der Waals surface area contributed by atoms with Crippen LogP contribution >= 0.6 is 0 Å². The van der Waals surface area contributed by atoms with E-state index in [0.717, 1.165) is 34.8 Å². The highest BCUT2D eigenvalue weighted by molar-refractivity contribution is 5.79. The van der Waals surface area contributed by atoms with Crippen LogP contribution in [0.3, 0.4) is 0 Å². The average Bonchev–Trinajstić information content (AvgIpc) is 2.76. The Bertz CT molecular complexity index is 561. The summed E-state index contributed by atoms with van der Waals surface area (Å²) in [5.74, 6) is 2.45. The molecule has 1 aliphatic rings. The minimum absolute atomic E-state index is 0.236. The van der Waals surface area contributed by atoms with Gasteiger partial charge < -0.3 is 19.2 Å². The lowest BCUT2D eigenvalue weighted by Crippen LogP contribution is -2.26. The number of methoxy groups -OCH3 is 1. The molecule has 0 fully saturated rings. The Labute approximate surface area is 111 Å². The summed E-state index contributed by atoms with van der Waals surface area (Å²) in [5, 5.41) is 0. The van der Waals surface area contributed by atoms with E-state index in [9.17, 15) is 0 Å². The molecule has 1 N–H and O–H groups in total. The molecule has 1 aromatic carbocycles. The average molecular weight is 262 g/mol. The molecule has 0 bridgehead atoms. The fourth-order valence-corrected chi connectivity index (χ4v) is 2.16. The van der Waals surface area contributed by atoms with Crippen molar-refractivity contribution in [1.82, 2.24) is 9.97 Å². The van der Waals surface area contributed by atoms with Gasteiger partial charge >= 0.3 is 0 Å². The Hall–Kier alpha value is -1.75. The van der Waals surface area contributed by atoms with E-state index in [1.165, 1.54) is 0 Å². The molecule has 0 saturated heterocycles. The lowest BCUT2D eigenvalue weighted by Gasteiger charge is -2.21. The zero-order chi connectivity index (χ0) is 13.5. The van der Waals surface area contributed by atoms with Crippen LogP contribution in [-0.2, 0) is 11.2 Å². The second kappa shape index (κ2) is 4.42. The summed E-state index contributed by atoms with van der Waals surface area (Å²) in [7, 11) is 1.71. The van der Waals surface area contributed by atoms with Gasteiger partial charge in [0.15, 0.2) is 11.5 Å². The van der Waals surface area contributed by atoms with Gasteiger partial charge in [-0.3, -0.25) is 0 Å². The lowest BCUT2D eigenvalue weighted by molar-refractivity contribution is 0.0218. The Morgan fingerprint density at radius 3 is 2.63 bits per heavy atom. The zero-order valence-corrected chi connectivity index (χ0v) is 11.4. The van der Waals surface area contributed by atoms with E-state index in [4.69, 9.17) is 14.2 Å². The summed E-state index contributed by atoms with van der Waals surface area (Å²) in [6.45, 7) is 5.26. The number of fused-ring (bicyclic) bond motifs is 2. The maximum atomic E-state index is 5.57. The van der Waals surface area contributed by atoms with Crippen LogP contribution in [0.1, 0.15) is 19.7 Å². The third kappa shape index (κ3) is 2.38. The zero-order valence-electron chi connectivity index (χ0n) is 11.4. The number of H-pyrrole nitrogens is 1. The predicted octanol–water partition coefficient (Wildman–Crippen LogP) is 2.30. The largest absolute Gasteiger partial charge is 0.486 e. The van der Waals surface area contributed by atoms with Crippen molar-refractivity contribution in [2.75, 3.05) is 20.3 Å². The first-order chi connectivity index (χ1) is 9.07. The van der Waals surface area contributed by atoms with Crippen molar-refractivity contribution in [3.63, 3.8) is 0 Å². The highest BCUT2D eigenvalue weighted by atomic mass is 16.6. The number of imidazole rings is 1. The van der Waals surface area contributed by atoms with Crippen LogP contribution in [0.2, 0.25) is 0 Å². The molecule has 0 spiro atoms. The molecule has 0 aliphatic carbocycles.